The summed E-state index contributed by atoms with van der Waals surface area (Å²) in [5, 5.41) is 10.1. The van der Waals surface area contributed by atoms with Crippen molar-refractivity contribution in [3.8, 4) is 0 Å². The van der Waals surface area contributed by atoms with Crippen LogP contribution in [-0.2, 0) is 4.79 Å². The molecule has 1 aliphatic heterocycles. The molecule has 7 heteroatoms. The lowest BCUT2D eigenvalue weighted by molar-refractivity contribution is -0.121. The van der Waals surface area contributed by atoms with Gasteiger partial charge in [-0.3, -0.25) is 20.1 Å². The van der Waals surface area contributed by atoms with E-state index in [0.29, 0.717) is 11.9 Å². The molecule has 1 saturated heterocycles. The highest BCUT2D eigenvalue weighted by atomic mass is 16.2. The fourth-order valence-electron chi connectivity index (χ4n) is 2.99. The summed E-state index contributed by atoms with van der Waals surface area (Å²) in [7, 11) is 0. The number of H-pyrrole nitrogens is 1. The van der Waals surface area contributed by atoms with Gasteiger partial charge in [0.1, 0.15) is 0 Å². The van der Waals surface area contributed by atoms with E-state index in [1.54, 1.807) is 18.5 Å². The van der Waals surface area contributed by atoms with E-state index in [2.05, 4.69) is 36.4 Å². The van der Waals surface area contributed by atoms with Gasteiger partial charge in [0, 0.05) is 30.6 Å². The Kier molecular flexibility index (Phi) is 4.66. The molecule has 0 aromatic carbocycles. The molecule has 0 bridgehead atoms. The van der Waals surface area contributed by atoms with Crippen molar-refractivity contribution in [2.24, 2.45) is 0 Å². The van der Waals surface area contributed by atoms with Gasteiger partial charge in [-0.25, -0.2) is 9.97 Å². The van der Waals surface area contributed by atoms with Crippen LogP contribution >= 0.6 is 0 Å². The number of amides is 1. The Morgan fingerprint density at radius 3 is 2.91 bits per heavy atom. The Labute approximate surface area is 135 Å². The fraction of sp³-hybridized carbons (Fsp3) is 0.500. The summed E-state index contributed by atoms with van der Waals surface area (Å²) in [5.41, 5.74) is 2.16. The highest BCUT2D eigenvalue weighted by Crippen LogP contribution is 2.27. The summed E-state index contributed by atoms with van der Waals surface area (Å²) in [5.74, 6) is 0.646. The van der Waals surface area contributed by atoms with E-state index in [9.17, 15) is 4.79 Å². The van der Waals surface area contributed by atoms with Crippen LogP contribution in [0, 0.1) is 6.92 Å². The van der Waals surface area contributed by atoms with Gasteiger partial charge < -0.3 is 0 Å². The number of carbonyl (C=O) groups excluding carboxylic acids is 1. The van der Waals surface area contributed by atoms with E-state index >= 15 is 0 Å². The van der Waals surface area contributed by atoms with E-state index in [1.165, 1.54) is 0 Å². The minimum atomic E-state index is -0.221. The molecule has 2 atom stereocenters. The molecule has 1 amide bonds. The minimum absolute atomic E-state index is 0.0740. The first-order valence-electron chi connectivity index (χ1n) is 7.97. The van der Waals surface area contributed by atoms with Crippen molar-refractivity contribution in [2.45, 2.75) is 38.6 Å². The zero-order valence-corrected chi connectivity index (χ0v) is 13.5. The molecule has 0 aliphatic carbocycles. The number of nitrogens with one attached hydrogen (secondary N) is 2. The van der Waals surface area contributed by atoms with Crippen LogP contribution in [0.5, 0.6) is 0 Å². The normalized spacial score (nSPS) is 20.2. The summed E-state index contributed by atoms with van der Waals surface area (Å²) in [6.07, 6.45) is 5.40. The molecule has 1 fully saturated rings. The zero-order chi connectivity index (χ0) is 16.2. The number of nitrogens with zero attached hydrogens (tertiary/aromatic N) is 4. The van der Waals surface area contributed by atoms with Crippen LogP contribution in [0.4, 0.5) is 5.95 Å². The lowest BCUT2D eigenvalue weighted by atomic mass is 9.93. The molecule has 1 aliphatic rings. The van der Waals surface area contributed by atoms with E-state index < -0.39 is 0 Å². The molecule has 23 heavy (non-hydrogen) atoms. The second-order valence-corrected chi connectivity index (χ2v) is 6.05. The highest BCUT2D eigenvalue weighted by Gasteiger charge is 2.29. The molecule has 122 valence electrons. The third-order valence-electron chi connectivity index (χ3n) is 4.32. The number of hydrogen-bond donors (Lipinski definition) is 2. The topological polar surface area (TPSA) is 86.8 Å². The largest absolute Gasteiger partial charge is 0.293 e. The molecule has 2 aromatic heterocycles. The second kappa shape index (κ2) is 6.87. The lowest BCUT2D eigenvalue weighted by Gasteiger charge is -2.35. The van der Waals surface area contributed by atoms with Crippen molar-refractivity contribution < 1.29 is 4.79 Å². The predicted molar refractivity (Wildman–Crippen MR) is 87.0 cm³/mol. The molecule has 2 N–H and O–H groups in total. The Morgan fingerprint density at radius 2 is 2.22 bits per heavy atom. The summed E-state index contributed by atoms with van der Waals surface area (Å²) < 4.78 is 0. The van der Waals surface area contributed by atoms with Gasteiger partial charge in [-0.1, -0.05) is 0 Å². The Hall–Kier alpha value is -2.28. The number of rotatable bonds is 4. The summed E-state index contributed by atoms with van der Waals surface area (Å²) >= 11 is 0. The maximum atomic E-state index is 12.4. The van der Waals surface area contributed by atoms with Crippen LogP contribution in [0.3, 0.4) is 0 Å². The summed E-state index contributed by atoms with van der Waals surface area (Å²) in [6.45, 7) is 5.70. The molecular formula is C16H22N6O. The fourth-order valence-corrected chi connectivity index (χ4v) is 2.99. The Balaban J connectivity index is 1.62. The van der Waals surface area contributed by atoms with E-state index in [4.69, 9.17) is 0 Å². The lowest BCUT2D eigenvalue weighted by Crippen LogP contribution is -2.46. The molecule has 0 unspecified atom stereocenters. The number of likely N-dealkylation sites (tertiary alicyclic amines) is 1. The number of anilines is 1. The standard InChI is InChI=1S/C16H22N6O/c1-11-9-14(21-20-11)13-5-3-8-22(10-13)12(2)15(23)19-16-17-6-4-7-18-16/h4,6-7,9,12-13H,3,5,8,10H2,1-2H3,(H,20,21)(H,17,18,19,23)/t12-,13-/m0/s1. The molecule has 0 radical (unpaired) electrons. The Morgan fingerprint density at radius 1 is 1.43 bits per heavy atom. The van der Waals surface area contributed by atoms with Gasteiger partial charge in [0.2, 0.25) is 11.9 Å². The highest BCUT2D eigenvalue weighted by molar-refractivity contribution is 5.93. The van der Waals surface area contributed by atoms with Crippen LogP contribution in [0.2, 0.25) is 0 Å². The van der Waals surface area contributed by atoms with Crippen molar-refractivity contribution in [1.29, 1.82) is 0 Å². The zero-order valence-electron chi connectivity index (χ0n) is 13.5. The van der Waals surface area contributed by atoms with Crippen LogP contribution < -0.4 is 5.32 Å². The van der Waals surface area contributed by atoms with E-state index in [-0.39, 0.29) is 11.9 Å². The number of hydrogen-bond acceptors (Lipinski definition) is 5. The van der Waals surface area contributed by atoms with Crippen LogP contribution in [0.1, 0.15) is 37.1 Å². The average molecular weight is 314 g/mol. The van der Waals surface area contributed by atoms with Gasteiger partial charge in [-0.05, 0) is 45.4 Å². The van der Waals surface area contributed by atoms with Crippen LogP contribution in [0.15, 0.2) is 24.5 Å². The third kappa shape index (κ3) is 3.73. The van der Waals surface area contributed by atoms with Gasteiger partial charge in [-0.2, -0.15) is 5.10 Å². The van der Waals surface area contributed by atoms with E-state index in [0.717, 1.165) is 37.3 Å². The van der Waals surface area contributed by atoms with Crippen LogP contribution in [0.25, 0.3) is 0 Å². The first-order chi connectivity index (χ1) is 11.1. The third-order valence-corrected chi connectivity index (χ3v) is 4.32. The van der Waals surface area contributed by atoms with Crippen LogP contribution in [-0.4, -0.2) is 50.1 Å². The summed E-state index contributed by atoms with van der Waals surface area (Å²) in [4.78, 5) is 22.7. The molecule has 2 aromatic rings. The number of aromatic amines is 1. The molecule has 0 spiro atoms. The SMILES string of the molecule is Cc1cc([C@H]2CCCN([C@@H](C)C(=O)Nc3ncccn3)C2)n[nH]1. The first kappa shape index (κ1) is 15.6. The molecule has 3 heterocycles. The maximum Gasteiger partial charge on any atom is 0.243 e. The summed E-state index contributed by atoms with van der Waals surface area (Å²) in [6, 6.07) is 3.60. The smallest absolute Gasteiger partial charge is 0.243 e. The van der Waals surface area contributed by atoms with Gasteiger partial charge in [0.25, 0.3) is 0 Å². The second-order valence-electron chi connectivity index (χ2n) is 6.05. The van der Waals surface area contributed by atoms with Crippen molar-refractivity contribution in [3.63, 3.8) is 0 Å². The number of aryl methyl sites for hydroxylation is 1. The van der Waals surface area contributed by atoms with Crippen molar-refractivity contribution in [1.82, 2.24) is 25.1 Å². The maximum absolute atomic E-state index is 12.4. The molecular weight excluding hydrogens is 292 g/mol. The van der Waals surface area contributed by atoms with Crippen molar-refractivity contribution in [2.75, 3.05) is 18.4 Å². The van der Waals surface area contributed by atoms with Gasteiger partial charge in [0.05, 0.1) is 11.7 Å². The first-order valence-corrected chi connectivity index (χ1v) is 7.97. The van der Waals surface area contributed by atoms with E-state index in [1.807, 2.05) is 13.8 Å². The monoisotopic (exact) mass is 314 g/mol. The van der Waals surface area contributed by atoms with Gasteiger partial charge in [-0.15, -0.1) is 0 Å². The molecule has 0 saturated carbocycles. The van der Waals surface area contributed by atoms with Crippen molar-refractivity contribution >= 4 is 11.9 Å². The average Bonchev–Trinajstić information content (AvgIpc) is 3.02. The Bertz CT molecular complexity index is 656. The predicted octanol–water partition coefficient (Wildman–Crippen LogP) is 1.71. The number of aromatic nitrogens is 4. The molecule has 7 nitrogen and oxygen atoms in total. The molecule has 3 rings (SSSR count). The van der Waals surface area contributed by atoms with Crippen molar-refractivity contribution in [3.05, 3.63) is 35.9 Å². The van der Waals surface area contributed by atoms with Gasteiger partial charge in [0.15, 0.2) is 0 Å². The number of carbonyl (C=O) groups is 1. The minimum Gasteiger partial charge on any atom is -0.293 e. The van der Waals surface area contributed by atoms with Gasteiger partial charge >= 0.3 is 0 Å². The number of piperidine rings is 1. The quantitative estimate of drug-likeness (QED) is 0.897.